The van der Waals surface area contributed by atoms with Gasteiger partial charge < -0.3 is 4.74 Å². The Morgan fingerprint density at radius 3 is 2.69 bits per heavy atom. The first-order chi connectivity index (χ1) is 7.72. The zero-order valence-electron chi connectivity index (χ0n) is 9.59. The van der Waals surface area contributed by atoms with Crippen molar-refractivity contribution in [3.05, 3.63) is 20.8 Å². The minimum atomic E-state index is -0.136. The summed E-state index contributed by atoms with van der Waals surface area (Å²) in [6.07, 6.45) is 9.38. The number of carbonyl (C=O) groups excluding carboxylic acids is 1. The molecule has 1 saturated carbocycles. The van der Waals surface area contributed by atoms with Crippen molar-refractivity contribution in [3.63, 3.8) is 0 Å². The van der Waals surface area contributed by atoms with Crippen molar-refractivity contribution in [1.82, 2.24) is 0 Å². The van der Waals surface area contributed by atoms with E-state index in [1.165, 1.54) is 48.4 Å². The molecule has 16 heavy (non-hydrogen) atoms. The SMILES string of the molecule is COC(=O)C1=C(C2CCCCC2)C=C(I)C1. The predicted octanol–water partition coefficient (Wildman–Crippen LogP) is 3.76. The minimum absolute atomic E-state index is 0.136. The summed E-state index contributed by atoms with van der Waals surface area (Å²) >= 11 is 2.32. The van der Waals surface area contributed by atoms with Crippen molar-refractivity contribution in [2.75, 3.05) is 7.11 Å². The van der Waals surface area contributed by atoms with Gasteiger partial charge in [0.2, 0.25) is 0 Å². The molecular formula is C13H17IO2. The average Bonchev–Trinajstić information content (AvgIpc) is 2.71. The van der Waals surface area contributed by atoms with Crippen LogP contribution in [0.15, 0.2) is 20.8 Å². The molecule has 2 rings (SSSR count). The maximum Gasteiger partial charge on any atom is 0.334 e. The van der Waals surface area contributed by atoms with Gasteiger partial charge in [0.05, 0.1) is 7.11 Å². The van der Waals surface area contributed by atoms with Gasteiger partial charge in [-0.3, -0.25) is 0 Å². The zero-order valence-corrected chi connectivity index (χ0v) is 11.7. The van der Waals surface area contributed by atoms with Gasteiger partial charge >= 0.3 is 5.97 Å². The molecule has 0 bridgehead atoms. The highest BCUT2D eigenvalue weighted by molar-refractivity contribution is 14.1. The summed E-state index contributed by atoms with van der Waals surface area (Å²) in [7, 11) is 1.47. The predicted molar refractivity (Wildman–Crippen MR) is 72.3 cm³/mol. The molecule has 0 aromatic carbocycles. The van der Waals surface area contributed by atoms with E-state index in [0.29, 0.717) is 5.92 Å². The maximum absolute atomic E-state index is 11.7. The second-order valence-corrected chi connectivity index (χ2v) is 5.91. The van der Waals surface area contributed by atoms with Crippen LogP contribution in [0.25, 0.3) is 0 Å². The highest BCUT2D eigenvalue weighted by atomic mass is 127. The number of ether oxygens (including phenoxy) is 1. The van der Waals surface area contributed by atoms with Crippen LogP contribution in [0, 0.1) is 5.92 Å². The summed E-state index contributed by atoms with van der Waals surface area (Å²) in [4.78, 5) is 11.7. The van der Waals surface area contributed by atoms with Crippen LogP contribution in [0.4, 0.5) is 0 Å². The fraction of sp³-hybridized carbons (Fsp3) is 0.615. The Kier molecular flexibility index (Phi) is 4.05. The quantitative estimate of drug-likeness (QED) is 0.569. The van der Waals surface area contributed by atoms with Crippen molar-refractivity contribution in [1.29, 1.82) is 0 Å². The fourth-order valence-electron chi connectivity index (χ4n) is 2.67. The van der Waals surface area contributed by atoms with Crippen molar-refractivity contribution >= 4 is 28.6 Å². The van der Waals surface area contributed by atoms with Gasteiger partial charge in [-0.05, 0) is 56.6 Å². The van der Waals surface area contributed by atoms with E-state index in [-0.39, 0.29) is 5.97 Å². The van der Waals surface area contributed by atoms with E-state index in [9.17, 15) is 4.79 Å². The monoisotopic (exact) mass is 332 g/mol. The molecule has 0 saturated heterocycles. The van der Waals surface area contributed by atoms with E-state index in [0.717, 1.165) is 12.0 Å². The zero-order chi connectivity index (χ0) is 11.5. The summed E-state index contributed by atoms with van der Waals surface area (Å²) in [6.45, 7) is 0. The van der Waals surface area contributed by atoms with Crippen molar-refractivity contribution in [2.45, 2.75) is 38.5 Å². The lowest BCUT2D eigenvalue weighted by Gasteiger charge is -2.23. The van der Waals surface area contributed by atoms with Crippen molar-refractivity contribution < 1.29 is 9.53 Å². The average molecular weight is 332 g/mol. The van der Waals surface area contributed by atoms with Gasteiger partial charge in [0.25, 0.3) is 0 Å². The minimum Gasteiger partial charge on any atom is -0.466 e. The Bertz CT molecular complexity index is 349. The molecule has 0 N–H and O–H groups in total. The first-order valence-corrected chi connectivity index (χ1v) is 6.97. The molecule has 2 aliphatic rings. The van der Waals surface area contributed by atoms with Crippen LogP contribution in [0.2, 0.25) is 0 Å². The Morgan fingerprint density at radius 2 is 2.06 bits per heavy atom. The molecule has 88 valence electrons. The number of hydrogen-bond acceptors (Lipinski definition) is 2. The molecule has 0 aliphatic heterocycles. The largest absolute Gasteiger partial charge is 0.466 e. The lowest BCUT2D eigenvalue weighted by atomic mass is 9.82. The molecular weight excluding hydrogens is 315 g/mol. The number of allylic oxidation sites excluding steroid dienone is 3. The summed E-state index contributed by atoms with van der Waals surface area (Å²) in [6, 6.07) is 0. The summed E-state index contributed by atoms with van der Waals surface area (Å²) in [5, 5.41) is 0. The molecule has 0 spiro atoms. The molecule has 2 nitrogen and oxygen atoms in total. The number of halogens is 1. The van der Waals surface area contributed by atoms with E-state index in [2.05, 4.69) is 28.7 Å². The van der Waals surface area contributed by atoms with Gasteiger partial charge in [-0.25, -0.2) is 4.79 Å². The molecule has 0 heterocycles. The van der Waals surface area contributed by atoms with Crippen LogP contribution in [0.3, 0.4) is 0 Å². The lowest BCUT2D eigenvalue weighted by Crippen LogP contribution is -2.12. The standard InChI is InChI=1S/C13H17IO2/c1-16-13(15)12-8-10(14)7-11(12)9-5-3-2-4-6-9/h7,9H,2-6,8H2,1H3. The molecule has 2 aliphatic carbocycles. The van der Waals surface area contributed by atoms with Crippen LogP contribution < -0.4 is 0 Å². The third-order valence-electron chi connectivity index (χ3n) is 3.48. The fourth-order valence-corrected chi connectivity index (χ4v) is 3.39. The molecule has 0 aromatic heterocycles. The maximum atomic E-state index is 11.7. The second kappa shape index (κ2) is 5.34. The van der Waals surface area contributed by atoms with Crippen LogP contribution in [0.1, 0.15) is 38.5 Å². The third-order valence-corrected chi connectivity index (χ3v) is 4.18. The van der Waals surface area contributed by atoms with Gasteiger partial charge in [-0.2, -0.15) is 0 Å². The van der Waals surface area contributed by atoms with Crippen LogP contribution in [-0.4, -0.2) is 13.1 Å². The van der Waals surface area contributed by atoms with E-state index < -0.39 is 0 Å². The molecule has 0 amide bonds. The number of rotatable bonds is 2. The summed E-state index contributed by atoms with van der Waals surface area (Å²) < 4.78 is 6.13. The molecule has 0 unspecified atom stereocenters. The number of carbonyl (C=O) groups is 1. The van der Waals surface area contributed by atoms with Gasteiger partial charge in [0.15, 0.2) is 0 Å². The highest BCUT2D eigenvalue weighted by Crippen LogP contribution is 2.39. The van der Waals surface area contributed by atoms with Gasteiger partial charge in [0, 0.05) is 12.0 Å². The van der Waals surface area contributed by atoms with E-state index in [4.69, 9.17) is 4.74 Å². The molecule has 0 atom stereocenters. The van der Waals surface area contributed by atoms with Crippen LogP contribution in [0.5, 0.6) is 0 Å². The smallest absolute Gasteiger partial charge is 0.334 e. The number of hydrogen-bond donors (Lipinski definition) is 0. The van der Waals surface area contributed by atoms with Gasteiger partial charge in [0.1, 0.15) is 0 Å². The Hall–Kier alpha value is -0.320. The molecule has 0 aromatic rings. The Morgan fingerprint density at radius 1 is 1.38 bits per heavy atom. The van der Waals surface area contributed by atoms with Gasteiger partial charge in [-0.15, -0.1) is 0 Å². The molecule has 3 heteroatoms. The topological polar surface area (TPSA) is 26.3 Å². The Labute approximate surface area is 110 Å². The van der Waals surface area contributed by atoms with E-state index in [1.807, 2.05) is 0 Å². The van der Waals surface area contributed by atoms with Crippen LogP contribution >= 0.6 is 22.6 Å². The first kappa shape index (κ1) is 12.1. The molecule has 1 fully saturated rings. The van der Waals surface area contributed by atoms with Gasteiger partial charge in [-0.1, -0.05) is 19.3 Å². The molecule has 0 radical (unpaired) electrons. The number of esters is 1. The Balaban J connectivity index is 2.21. The number of methoxy groups -OCH3 is 1. The lowest BCUT2D eigenvalue weighted by molar-refractivity contribution is -0.136. The van der Waals surface area contributed by atoms with E-state index in [1.54, 1.807) is 0 Å². The van der Waals surface area contributed by atoms with E-state index >= 15 is 0 Å². The summed E-state index contributed by atoms with van der Waals surface area (Å²) in [5.41, 5.74) is 2.16. The normalized spacial score (nSPS) is 22.2. The third kappa shape index (κ3) is 2.50. The van der Waals surface area contributed by atoms with Crippen LogP contribution in [-0.2, 0) is 9.53 Å². The summed E-state index contributed by atoms with van der Waals surface area (Å²) in [5.74, 6) is 0.457. The van der Waals surface area contributed by atoms with Crippen molar-refractivity contribution in [2.24, 2.45) is 5.92 Å². The van der Waals surface area contributed by atoms with Crippen molar-refractivity contribution in [3.8, 4) is 0 Å². The first-order valence-electron chi connectivity index (χ1n) is 5.90. The second-order valence-electron chi connectivity index (χ2n) is 4.53. The highest BCUT2D eigenvalue weighted by Gasteiger charge is 2.27.